The minimum absolute atomic E-state index is 0.0176. The Balaban J connectivity index is 1.60. The molecule has 3 aromatic rings. The van der Waals surface area contributed by atoms with Crippen molar-refractivity contribution in [2.75, 3.05) is 36.5 Å². The van der Waals surface area contributed by atoms with Gasteiger partial charge in [0, 0.05) is 23.1 Å². The number of nitrogens with zero attached hydrogens (tertiary/aromatic N) is 5. The third kappa shape index (κ3) is 5.87. The number of benzene rings is 2. The Morgan fingerprint density at radius 2 is 2.00 bits per heavy atom. The van der Waals surface area contributed by atoms with Crippen molar-refractivity contribution in [2.45, 2.75) is 6.54 Å². The second-order valence-corrected chi connectivity index (χ2v) is 8.99. The predicted octanol–water partition coefficient (Wildman–Crippen LogP) is 5.76. The second kappa shape index (κ2) is 11.3. The number of rotatable bonds is 6. The summed E-state index contributed by atoms with van der Waals surface area (Å²) in [5.41, 5.74) is 0.608. The smallest absolute Gasteiger partial charge is 0.270 e. The largest absolute Gasteiger partial charge is 0.506 e. The van der Waals surface area contributed by atoms with E-state index in [0.29, 0.717) is 41.5 Å². The number of halogens is 4. The minimum Gasteiger partial charge on any atom is -0.506 e. The number of anilines is 2. The molecule has 1 aromatic heterocycles. The lowest BCUT2D eigenvalue weighted by Gasteiger charge is -2.27. The van der Waals surface area contributed by atoms with Gasteiger partial charge < -0.3 is 20.1 Å². The first-order valence-electron chi connectivity index (χ1n) is 10.3. The topological polar surface area (TPSA) is 112 Å². The number of hydrogen-bond acceptors (Lipinski definition) is 8. The first-order chi connectivity index (χ1) is 16.8. The molecule has 0 radical (unpaired) electrons. The SMILES string of the molecule is O=C(Nc1ccccc1Cl)c1c(Br)cc(Cl)c(O)c1CN=Nc1ncc(F)c(N2CCOCC2)n1. The van der Waals surface area contributed by atoms with Crippen molar-refractivity contribution in [1.29, 1.82) is 0 Å². The van der Waals surface area contributed by atoms with Crippen molar-refractivity contribution < 1.29 is 19.0 Å². The highest BCUT2D eigenvalue weighted by atomic mass is 79.9. The molecule has 13 heteroatoms. The molecule has 1 aliphatic rings. The van der Waals surface area contributed by atoms with E-state index in [1.807, 2.05) is 0 Å². The van der Waals surface area contributed by atoms with Gasteiger partial charge >= 0.3 is 0 Å². The second-order valence-electron chi connectivity index (χ2n) is 7.32. The van der Waals surface area contributed by atoms with Crippen LogP contribution in [0.3, 0.4) is 0 Å². The van der Waals surface area contributed by atoms with Crippen LogP contribution in [0, 0.1) is 5.82 Å². The molecule has 0 spiro atoms. The Morgan fingerprint density at radius 3 is 2.74 bits per heavy atom. The first-order valence-corrected chi connectivity index (χ1v) is 11.9. The zero-order chi connectivity index (χ0) is 24.9. The summed E-state index contributed by atoms with van der Waals surface area (Å²) in [4.78, 5) is 22.8. The van der Waals surface area contributed by atoms with E-state index in [-0.39, 0.29) is 40.2 Å². The summed E-state index contributed by atoms with van der Waals surface area (Å²) in [6, 6.07) is 8.13. The van der Waals surface area contributed by atoms with Crippen molar-refractivity contribution in [2.24, 2.45) is 10.2 Å². The number of azo groups is 1. The molecule has 35 heavy (non-hydrogen) atoms. The van der Waals surface area contributed by atoms with Crippen molar-refractivity contribution in [3.8, 4) is 5.75 Å². The van der Waals surface area contributed by atoms with E-state index in [1.165, 1.54) is 6.07 Å². The molecule has 2 aromatic carbocycles. The predicted molar refractivity (Wildman–Crippen MR) is 133 cm³/mol. The van der Waals surface area contributed by atoms with E-state index in [9.17, 15) is 14.3 Å². The molecule has 1 fully saturated rings. The fourth-order valence-corrected chi connectivity index (χ4v) is 4.56. The maximum atomic E-state index is 14.2. The number of phenolic OH excluding ortho intramolecular Hbond substituents is 1. The maximum absolute atomic E-state index is 14.2. The molecule has 0 atom stereocenters. The van der Waals surface area contributed by atoms with E-state index in [2.05, 4.69) is 41.4 Å². The van der Waals surface area contributed by atoms with Crippen LogP contribution >= 0.6 is 39.1 Å². The van der Waals surface area contributed by atoms with Crippen molar-refractivity contribution in [3.63, 3.8) is 0 Å². The highest BCUT2D eigenvalue weighted by Gasteiger charge is 2.22. The first kappa shape index (κ1) is 25.2. The fourth-order valence-electron chi connectivity index (χ4n) is 3.37. The molecule has 1 aliphatic heterocycles. The molecule has 182 valence electrons. The van der Waals surface area contributed by atoms with Crippen LogP contribution in [0.1, 0.15) is 15.9 Å². The summed E-state index contributed by atoms with van der Waals surface area (Å²) in [5.74, 6) is -1.43. The Hall–Kier alpha value is -2.86. The van der Waals surface area contributed by atoms with Crippen LogP contribution in [-0.2, 0) is 11.3 Å². The molecule has 2 heterocycles. The summed E-state index contributed by atoms with van der Waals surface area (Å²) >= 11 is 15.6. The Kier molecular flexibility index (Phi) is 8.11. The highest BCUT2D eigenvalue weighted by Crippen LogP contribution is 2.37. The lowest BCUT2D eigenvalue weighted by molar-refractivity contribution is 0.102. The summed E-state index contributed by atoms with van der Waals surface area (Å²) in [5, 5.41) is 21.6. The van der Waals surface area contributed by atoms with Gasteiger partial charge in [-0.05, 0) is 34.1 Å². The summed E-state index contributed by atoms with van der Waals surface area (Å²) in [6.45, 7) is 1.66. The van der Waals surface area contributed by atoms with Gasteiger partial charge in [-0.3, -0.25) is 4.79 Å². The van der Waals surface area contributed by atoms with E-state index in [1.54, 1.807) is 29.2 Å². The van der Waals surface area contributed by atoms with Crippen LogP contribution < -0.4 is 10.2 Å². The summed E-state index contributed by atoms with van der Waals surface area (Å²) in [6.07, 6.45) is 1.02. The highest BCUT2D eigenvalue weighted by molar-refractivity contribution is 9.10. The quantitative estimate of drug-likeness (QED) is 0.357. The molecule has 9 nitrogen and oxygen atoms in total. The fraction of sp³-hybridized carbons (Fsp3) is 0.227. The van der Waals surface area contributed by atoms with Gasteiger partial charge in [0.1, 0.15) is 5.75 Å². The molecular formula is C22H18BrCl2FN6O3. The van der Waals surface area contributed by atoms with Gasteiger partial charge in [-0.15, -0.1) is 5.11 Å². The summed E-state index contributed by atoms with van der Waals surface area (Å²) in [7, 11) is 0. The van der Waals surface area contributed by atoms with Crippen LogP contribution in [-0.4, -0.2) is 47.3 Å². The van der Waals surface area contributed by atoms with Crippen LogP contribution in [0.4, 0.5) is 21.8 Å². The molecule has 0 aliphatic carbocycles. The molecule has 0 bridgehead atoms. The van der Waals surface area contributed by atoms with Crippen molar-refractivity contribution in [3.05, 3.63) is 68.0 Å². The van der Waals surface area contributed by atoms with Gasteiger partial charge in [0.05, 0.1) is 47.3 Å². The zero-order valence-corrected chi connectivity index (χ0v) is 21.1. The minimum atomic E-state index is -0.583. The standard InChI is InChI=1S/C22H18BrCl2FN6O3/c23-13-9-15(25)19(33)12(18(13)21(34)29-17-4-2-1-3-14(17)24)10-28-31-22-27-11-16(26)20(30-22)32-5-7-35-8-6-32/h1-4,9,11,33H,5-8,10H2,(H,29,34). The van der Waals surface area contributed by atoms with Gasteiger partial charge in [-0.25, -0.2) is 9.37 Å². The molecular weight excluding hydrogens is 566 g/mol. The number of carbonyl (C=O) groups is 1. The van der Waals surface area contributed by atoms with Crippen LogP contribution in [0.5, 0.6) is 5.75 Å². The average molecular weight is 584 g/mol. The lowest BCUT2D eigenvalue weighted by Crippen LogP contribution is -2.37. The molecule has 0 saturated carbocycles. The number of aromatic nitrogens is 2. The number of carbonyl (C=O) groups excluding carboxylic acids is 1. The van der Waals surface area contributed by atoms with Crippen LogP contribution in [0.2, 0.25) is 10.0 Å². The molecule has 1 amide bonds. The van der Waals surface area contributed by atoms with Crippen molar-refractivity contribution >= 4 is 62.5 Å². The average Bonchev–Trinajstić information content (AvgIpc) is 2.85. The third-order valence-electron chi connectivity index (χ3n) is 5.07. The Labute approximate surface area is 218 Å². The normalized spacial score (nSPS) is 13.9. The van der Waals surface area contributed by atoms with E-state index in [4.69, 9.17) is 27.9 Å². The third-order valence-corrected chi connectivity index (χ3v) is 6.31. The summed E-state index contributed by atoms with van der Waals surface area (Å²) < 4.78 is 19.9. The number of hydrogen-bond donors (Lipinski definition) is 2. The molecule has 0 unspecified atom stereocenters. The van der Waals surface area contributed by atoms with Gasteiger partial charge in [0.25, 0.3) is 11.9 Å². The number of phenols is 1. The van der Waals surface area contributed by atoms with Crippen LogP contribution in [0.25, 0.3) is 0 Å². The van der Waals surface area contributed by atoms with E-state index in [0.717, 1.165) is 6.20 Å². The van der Waals surface area contributed by atoms with Crippen LogP contribution in [0.15, 0.2) is 51.2 Å². The number of morpholine rings is 1. The Morgan fingerprint density at radius 1 is 1.26 bits per heavy atom. The number of nitrogens with one attached hydrogen (secondary N) is 1. The van der Waals surface area contributed by atoms with Gasteiger partial charge in [-0.1, -0.05) is 35.3 Å². The maximum Gasteiger partial charge on any atom is 0.270 e. The van der Waals surface area contributed by atoms with Gasteiger partial charge in [-0.2, -0.15) is 10.1 Å². The molecule has 2 N–H and O–H groups in total. The van der Waals surface area contributed by atoms with Gasteiger partial charge in [0.15, 0.2) is 11.6 Å². The zero-order valence-electron chi connectivity index (χ0n) is 18.0. The number of amides is 1. The monoisotopic (exact) mass is 582 g/mol. The van der Waals surface area contributed by atoms with Crippen molar-refractivity contribution in [1.82, 2.24) is 9.97 Å². The number of aromatic hydroxyl groups is 1. The molecule has 4 rings (SSSR count). The number of ether oxygens (including phenoxy) is 1. The lowest BCUT2D eigenvalue weighted by atomic mass is 10.1. The molecule has 1 saturated heterocycles. The Bertz CT molecular complexity index is 1290. The van der Waals surface area contributed by atoms with E-state index < -0.39 is 11.7 Å². The van der Waals surface area contributed by atoms with E-state index >= 15 is 0 Å². The van der Waals surface area contributed by atoms with Gasteiger partial charge in [0.2, 0.25) is 0 Å². The number of para-hydroxylation sites is 1.